The highest BCUT2D eigenvalue weighted by Crippen LogP contribution is 2.49. The third-order valence-corrected chi connectivity index (χ3v) is 5.40. The average molecular weight is 400 g/mol. The van der Waals surface area contributed by atoms with Crippen molar-refractivity contribution in [1.29, 1.82) is 0 Å². The number of aryl methyl sites for hydroxylation is 2. The third-order valence-electron chi connectivity index (χ3n) is 5.40. The first-order valence-electron chi connectivity index (χ1n) is 10.1. The summed E-state index contributed by atoms with van der Waals surface area (Å²) in [5.41, 5.74) is 3.59. The maximum Gasteiger partial charge on any atom is 0.204 e. The number of methoxy groups -OCH3 is 2. The summed E-state index contributed by atoms with van der Waals surface area (Å²) >= 11 is 0. The summed E-state index contributed by atoms with van der Waals surface area (Å²) in [6.07, 6.45) is 6.88. The molecule has 29 heavy (non-hydrogen) atoms. The molecule has 156 valence electrons. The zero-order chi connectivity index (χ0) is 20.8. The molecule has 1 aliphatic rings. The van der Waals surface area contributed by atoms with Crippen molar-refractivity contribution in [3.8, 4) is 34.1 Å². The average Bonchev–Trinajstić information content (AvgIpc) is 2.74. The van der Waals surface area contributed by atoms with Crippen LogP contribution in [0.1, 0.15) is 36.8 Å². The van der Waals surface area contributed by atoms with Crippen LogP contribution in [0.15, 0.2) is 36.9 Å². The Balaban J connectivity index is 2.23. The lowest BCUT2D eigenvalue weighted by Crippen LogP contribution is -2.08. The van der Waals surface area contributed by atoms with Crippen LogP contribution in [0.4, 0.5) is 0 Å². The zero-order valence-corrected chi connectivity index (χ0v) is 17.3. The predicted octanol–water partition coefficient (Wildman–Crippen LogP) is 4.39. The number of hydrogen-bond donors (Lipinski definition) is 1. The number of benzene rings is 2. The summed E-state index contributed by atoms with van der Waals surface area (Å²) in [5.74, 6) is 1.91. The van der Waals surface area contributed by atoms with E-state index in [1.807, 2.05) is 18.2 Å². The van der Waals surface area contributed by atoms with Crippen molar-refractivity contribution < 1.29 is 24.4 Å². The van der Waals surface area contributed by atoms with Gasteiger partial charge in [-0.15, -0.1) is 0 Å². The molecule has 0 fully saturated rings. The quantitative estimate of drug-likeness (QED) is 0.598. The molecule has 3 rings (SSSR count). The Bertz CT molecular complexity index is 859. The first kappa shape index (κ1) is 21.1. The van der Waals surface area contributed by atoms with Gasteiger partial charge in [0.1, 0.15) is 12.4 Å². The fourth-order valence-corrected chi connectivity index (χ4v) is 3.90. The highest BCUT2D eigenvalue weighted by Gasteiger charge is 2.24. The SMILES string of the molecule is C=CCOc1c2cc(c(OC)c1OC)-c1cc(ccc1O)CCC([OH2+])CCCC2. The standard InChI is InChI=1S/C24H30O5/c1-4-13-29-22-17-7-5-6-8-18(25)11-9-16-10-12-21(26)19(14-16)20(15-17)23(27-2)24(22)28-3/h4,10,12,14-15,18,25-26H,1,5-9,11,13H2,2-3H3/p+1. The van der Waals surface area contributed by atoms with Gasteiger partial charge in [0, 0.05) is 24.0 Å². The lowest BCUT2D eigenvalue weighted by Gasteiger charge is -2.21. The van der Waals surface area contributed by atoms with Crippen LogP contribution < -0.4 is 14.2 Å². The highest BCUT2D eigenvalue weighted by molar-refractivity contribution is 5.81. The molecule has 5 heteroatoms. The van der Waals surface area contributed by atoms with Crippen LogP contribution in [0.2, 0.25) is 0 Å². The third kappa shape index (κ3) is 4.67. The predicted molar refractivity (Wildman–Crippen MR) is 116 cm³/mol. The molecule has 0 amide bonds. The summed E-state index contributed by atoms with van der Waals surface area (Å²) in [5, 5.41) is 18.9. The molecule has 0 heterocycles. The molecule has 4 bridgehead atoms. The molecule has 2 aromatic rings. The van der Waals surface area contributed by atoms with Gasteiger partial charge in [-0.3, -0.25) is 0 Å². The molecular weight excluding hydrogens is 368 g/mol. The van der Waals surface area contributed by atoms with E-state index in [1.54, 1.807) is 26.4 Å². The molecule has 0 saturated carbocycles. The van der Waals surface area contributed by atoms with Crippen molar-refractivity contribution >= 4 is 0 Å². The molecule has 2 aromatic carbocycles. The van der Waals surface area contributed by atoms with Gasteiger partial charge >= 0.3 is 0 Å². The van der Waals surface area contributed by atoms with Crippen molar-refractivity contribution in [1.82, 2.24) is 0 Å². The van der Waals surface area contributed by atoms with Gasteiger partial charge in [0.15, 0.2) is 17.6 Å². The Labute approximate surface area is 172 Å². The first-order valence-corrected chi connectivity index (χ1v) is 10.1. The normalized spacial score (nSPS) is 16.7. The van der Waals surface area contributed by atoms with Crippen LogP contribution in [-0.2, 0) is 12.8 Å². The van der Waals surface area contributed by atoms with Crippen LogP contribution in [0.25, 0.3) is 11.1 Å². The molecule has 0 saturated heterocycles. The van der Waals surface area contributed by atoms with Crippen LogP contribution in [0.3, 0.4) is 0 Å². The fraction of sp³-hybridized carbons (Fsp3) is 0.417. The van der Waals surface area contributed by atoms with E-state index in [0.717, 1.165) is 55.2 Å². The number of hydrogen-bond acceptors (Lipinski definition) is 4. The van der Waals surface area contributed by atoms with Crippen molar-refractivity contribution in [2.45, 2.75) is 44.6 Å². The van der Waals surface area contributed by atoms with Gasteiger partial charge in [-0.1, -0.05) is 18.7 Å². The van der Waals surface area contributed by atoms with Crippen LogP contribution in [0, 0.1) is 0 Å². The number of fused-ring (bicyclic) bond motifs is 5. The lowest BCUT2D eigenvalue weighted by molar-refractivity contribution is 0.151. The lowest BCUT2D eigenvalue weighted by atomic mass is 9.95. The monoisotopic (exact) mass is 399 g/mol. The topological polar surface area (TPSA) is 70.8 Å². The van der Waals surface area contributed by atoms with Gasteiger partial charge in [-0.05, 0) is 55.0 Å². The fourth-order valence-electron chi connectivity index (χ4n) is 3.90. The van der Waals surface area contributed by atoms with Gasteiger partial charge in [0.2, 0.25) is 5.75 Å². The molecule has 3 N–H and O–H groups in total. The van der Waals surface area contributed by atoms with Gasteiger partial charge in [-0.25, -0.2) is 0 Å². The highest BCUT2D eigenvalue weighted by atomic mass is 16.5. The number of aromatic hydroxyl groups is 1. The Kier molecular flexibility index (Phi) is 7.04. The van der Waals surface area contributed by atoms with Crippen molar-refractivity contribution in [3.05, 3.63) is 48.0 Å². The Hall–Kier alpha value is -2.66. The minimum Gasteiger partial charge on any atom is -0.507 e. The summed E-state index contributed by atoms with van der Waals surface area (Å²) < 4.78 is 17.4. The van der Waals surface area contributed by atoms with Gasteiger partial charge in [0.25, 0.3) is 0 Å². The minimum absolute atomic E-state index is 0.0725. The molecule has 0 aliphatic heterocycles. The largest absolute Gasteiger partial charge is 0.507 e. The molecule has 1 atom stereocenters. The Morgan fingerprint density at radius 2 is 1.83 bits per heavy atom. The van der Waals surface area contributed by atoms with E-state index in [4.69, 9.17) is 19.3 Å². The van der Waals surface area contributed by atoms with E-state index < -0.39 is 0 Å². The van der Waals surface area contributed by atoms with Crippen LogP contribution in [0.5, 0.6) is 23.0 Å². The second-order valence-corrected chi connectivity index (χ2v) is 7.41. The van der Waals surface area contributed by atoms with Crippen molar-refractivity contribution in [3.63, 3.8) is 0 Å². The second-order valence-electron chi connectivity index (χ2n) is 7.41. The van der Waals surface area contributed by atoms with Gasteiger partial charge < -0.3 is 24.4 Å². The maximum absolute atomic E-state index is 10.6. The molecular formula is C24H31O5+. The summed E-state index contributed by atoms with van der Waals surface area (Å²) in [6, 6.07) is 7.67. The molecule has 0 aromatic heterocycles. The summed E-state index contributed by atoms with van der Waals surface area (Å²) in [4.78, 5) is 0. The van der Waals surface area contributed by atoms with Crippen LogP contribution in [-0.4, -0.2) is 37.1 Å². The summed E-state index contributed by atoms with van der Waals surface area (Å²) in [7, 11) is 3.19. The molecule has 1 unspecified atom stereocenters. The summed E-state index contributed by atoms with van der Waals surface area (Å²) in [6.45, 7) is 4.10. The number of rotatable bonds is 5. The first-order chi connectivity index (χ1) is 14.1. The maximum atomic E-state index is 10.6. The van der Waals surface area contributed by atoms with Gasteiger partial charge in [-0.2, -0.15) is 0 Å². The molecule has 0 radical (unpaired) electrons. The van der Waals surface area contributed by atoms with E-state index in [1.165, 1.54) is 0 Å². The number of phenolic OH excluding ortho intramolecular Hbond substituents is 1. The van der Waals surface area contributed by atoms with Crippen LogP contribution >= 0.6 is 0 Å². The number of ether oxygens (including phenoxy) is 3. The van der Waals surface area contributed by atoms with E-state index in [-0.39, 0.29) is 11.9 Å². The molecule has 1 aliphatic carbocycles. The van der Waals surface area contributed by atoms with E-state index in [2.05, 4.69) is 6.58 Å². The van der Waals surface area contributed by atoms with E-state index >= 15 is 0 Å². The van der Waals surface area contributed by atoms with Crippen molar-refractivity contribution in [2.24, 2.45) is 0 Å². The molecule has 5 nitrogen and oxygen atoms in total. The van der Waals surface area contributed by atoms with E-state index in [9.17, 15) is 5.11 Å². The Morgan fingerprint density at radius 1 is 1.03 bits per heavy atom. The smallest absolute Gasteiger partial charge is 0.204 e. The Morgan fingerprint density at radius 3 is 2.55 bits per heavy atom. The van der Waals surface area contributed by atoms with E-state index in [0.29, 0.717) is 29.4 Å². The van der Waals surface area contributed by atoms with Crippen molar-refractivity contribution in [2.75, 3.05) is 20.8 Å². The second kappa shape index (κ2) is 9.70. The minimum atomic E-state index is -0.0725. The molecule has 0 spiro atoms. The van der Waals surface area contributed by atoms with Gasteiger partial charge in [0.05, 0.1) is 14.2 Å². The number of phenols is 1. The zero-order valence-electron chi connectivity index (χ0n) is 17.3.